The van der Waals surface area contributed by atoms with E-state index in [0.717, 1.165) is 5.56 Å². The number of carbonyl (C=O) groups excluding carboxylic acids is 2. The Labute approximate surface area is 143 Å². The van der Waals surface area contributed by atoms with Crippen molar-refractivity contribution in [2.45, 2.75) is 32.4 Å². The molecule has 24 heavy (non-hydrogen) atoms. The molecular formula is C18H26N2O4. The van der Waals surface area contributed by atoms with Crippen molar-refractivity contribution in [2.75, 3.05) is 26.8 Å². The van der Waals surface area contributed by atoms with Gasteiger partial charge < -0.3 is 19.7 Å². The monoisotopic (exact) mass is 334 g/mol. The molecule has 2 atom stereocenters. The maximum atomic E-state index is 12.9. The van der Waals surface area contributed by atoms with Crippen LogP contribution in [0.3, 0.4) is 0 Å². The normalized spacial score (nSPS) is 19.0. The van der Waals surface area contributed by atoms with E-state index in [-0.39, 0.29) is 17.9 Å². The molecule has 0 aromatic heterocycles. The Balaban J connectivity index is 2.06. The van der Waals surface area contributed by atoms with Gasteiger partial charge in [-0.25, -0.2) is 4.79 Å². The molecule has 132 valence electrons. The van der Waals surface area contributed by atoms with Crippen LogP contribution < -0.4 is 5.32 Å². The molecule has 1 aromatic rings. The van der Waals surface area contributed by atoms with Gasteiger partial charge in [0.2, 0.25) is 5.91 Å². The van der Waals surface area contributed by atoms with Crippen molar-refractivity contribution >= 4 is 12.0 Å². The van der Waals surface area contributed by atoms with Crippen LogP contribution in [-0.2, 0) is 14.3 Å². The summed E-state index contributed by atoms with van der Waals surface area (Å²) < 4.78 is 10.4. The number of nitrogens with zero attached hydrogens (tertiary/aromatic N) is 1. The van der Waals surface area contributed by atoms with Gasteiger partial charge in [0, 0.05) is 6.54 Å². The molecule has 0 spiro atoms. The third-order valence-electron chi connectivity index (χ3n) is 4.03. The van der Waals surface area contributed by atoms with Crippen LogP contribution in [-0.4, -0.2) is 49.7 Å². The molecule has 2 rings (SSSR count). The summed E-state index contributed by atoms with van der Waals surface area (Å²) in [6.07, 6.45) is -0.148. The number of ether oxygens (including phenoxy) is 2. The van der Waals surface area contributed by atoms with E-state index in [0.29, 0.717) is 26.1 Å². The van der Waals surface area contributed by atoms with Crippen LogP contribution in [0.4, 0.5) is 4.79 Å². The average Bonchev–Trinajstić information content (AvgIpc) is 2.61. The Hall–Kier alpha value is -2.08. The van der Waals surface area contributed by atoms with E-state index in [1.807, 2.05) is 44.2 Å². The summed E-state index contributed by atoms with van der Waals surface area (Å²) in [6.45, 7) is 5.54. The fourth-order valence-corrected chi connectivity index (χ4v) is 2.83. The molecule has 0 radical (unpaired) electrons. The Kier molecular flexibility index (Phi) is 6.61. The number of hydrogen-bond donors (Lipinski definition) is 1. The minimum atomic E-state index is -0.582. The zero-order valence-electron chi connectivity index (χ0n) is 14.5. The molecule has 1 heterocycles. The van der Waals surface area contributed by atoms with Crippen molar-refractivity contribution in [3.63, 3.8) is 0 Å². The van der Waals surface area contributed by atoms with Crippen molar-refractivity contribution in [3.8, 4) is 0 Å². The number of amides is 2. The summed E-state index contributed by atoms with van der Waals surface area (Å²) in [5.41, 5.74) is 1.05. The summed E-state index contributed by atoms with van der Waals surface area (Å²) in [5, 5.41) is 2.66. The summed E-state index contributed by atoms with van der Waals surface area (Å²) >= 11 is 0. The average molecular weight is 334 g/mol. The fraction of sp³-hybridized carbons (Fsp3) is 0.556. The maximum absolute atomic E-state index is 12.9. The highest BCUT2D eigenvalue weighted by molar-refractivity contribution is 5.85. The van der Waals surface area contributed by atoms with Crippen LogP contribution in [0, 0.1) is 5.92 Å². The molecule has 0 bridgehead atoms. The molecule has 1 aliphatic heterocycles. The molecule has 0 aliphatic carbocycles. The van der Waals surface area contributed by atoms with Crippen molar-refractivity contribution in [1.82, 2.24) is 10.2 Å². The Morgan fingerprint density at radius 3 is 2.67 bits per heavy atom. The van der Waals surface area contributed by atoms with Gasteiger partial charge in [0.1, 0.15) is 12.1 Å². The van der Waals surface area contributed by atoms with E-state index in [4.69, 9.17) is 4.74 Å². The molecule has 1 fully saturated rings. The van der Waals surface area contributed by atoms with Gasteiger partial charge in [-0.15, -0.1) is 0 Å². The summed E-state index contributed by atoms with van der Waals surface area (Å²) in [4.78, 5) is 26.2. The third-order valence-corrected chi connectivity index (χ3v) is 4.03. The van der Waals surface area contributed by atoms with Crippen LogP contribution >= 0.6 is 0 Å². The third kappa shape index (κ3) is 4.96. The lowest BCUT2D eigenvalue weighted by Gasteiger charge is -2.35. The van der Waals surface area contributed by atoms with Gasteiger partial charge in [-0.2, -0.15) is 0 Å². The first-order valence-electron chi connectivity index (χ1n) is 8.31. The topological polar surface area (TPSA) is 67.9 Å². The quantitative estimate of drug-likeness (QED) is 0.897. The Morgan fingerprint density at radius 2 is 2.04 bits per heavy atom. The lowest BCUT2D eigenvalue weighted by Crippen LogP contribution is -2.52. The van der Waals surface area contributed by atoms with Gasteiger partial charge in [-0.1, -0.05) is 44.2 Å². The number of carbonyl (C=O) groups is 2. The Bertz CT molecular complexity index is 547. The van der Waals surface area contributed by atoms with Crippen LogP contribution in [0.2, 0.25) is 0 Å². The van der Waals surface area contributed by atoms with Gasteiger partial charge in [0.05, 0.1) is 20.3 Å². The maximum Gasteiger partial charge on any atom is 0.407 e. The number of benzene rings is 1. The summed E-state index contributed by atoms with van der Waals surface area (Å²) in [5.74, 6) is 0.195. The molecular weight excluding hydrogens is 308 g/mol. The Morgan fingerprint density at radius 1 is 1.33 bits per heavy atom. The van der Waals surface area contributed by atoms with E-state index in [1.54, 1.807) is 4.90 Å². The first-order chi connectivity index (χ1) is 11.5. The second-order valence-electron chi connectivity index (χ2n) is 6.37. The highest BCUT2D eigenvalue weighted by Gasteiger charge is 2.31. The molecule has 6 nitrogen and oxygen atoms in total. The molecule has 6 heteroatoms. The minimum Gasteiger partial charge on any atom is -0.453 e. The fourth-order valence-electron chi connectivity index (χ4n) is 2.83. The predicted molar refractivity (Wildman–Crippen MR) is 90.5 cm³/mol. The second-order valence-corrected chi connectivity index (χ2v) is 6.37. The van der Waals surface area contributed by atoms with Gasteiger partial charge >= 0.3 is 6.09 Å². The molecule has 2 amide bonds. The number of methoxy groups -OCH3 is 1. The first kappa shape index (κ1) is 18.3. The molecule has 0 saturated carbocycles. The molecule has 1 aromatic carbocycles. The van der Waals surface area contributed by atoms with E-state index in [9.17, 15) is 9.59 Å². The van der Waals surface area contributed by atoms with Gasteiger partial charge in [0.15, 0.2) is 0 Å². The lowest BCUT2D eigenvalue weighted by atomic mass is 10.0. The predicted octanol–water partition coefficient (Wildman–Crippen LogP) is 2.36. The van der Waals surface area contributed by atoms with Gasteiger partial charge in [-0.3, -0.25) is 4.79 Å². The van der Waals surface area contributed by atoms with Gasteiger partial charge in [0.25, 0.3) is 0 Å². The number of alkyl carbamates (subject to hydrolysis) is 1. The van der Waals surface area contributed by atoms with E-state index < -0.39 is 12.1 Å². The molecule has 1 N–H and O–H groups in total. The smallest absolute Gasteiger partial charge is 0.407 e. The minimum absolute atomic E-state index is 0.0849. The number of nitrogens with one attached hydrogen (secondary N) is 1. The highest BCUT2D eigenvalue weighted by atomic mass is 16.5. The SMILES string of the molecule is COC(=O)NC(CC(C)C)C(=O)N1CCOC(c2ccccc2)C1. The van der Waals surface area contributed by atoms with E-state index >= 15 is 0 Å². The lowest BCUT2D eigenvalue weighted by molar-refractivity contribution is -0.141. The highest BCUT2D eigenvalue weighted by Crippen LogP contribution is 2.23. The first-order valence-corrected chi connectivity index (χ1v) is 8.31. The zero-order chi connectivity index (χ0) is 17.5. The zero-order valence-corrected chi connectivity index (χ0v) is 14.5. The van der Waals surface area contributed by atoms with Crippen LogP contribution in [0.1, 0.15) is 31.9 Å². The van der Waals surface area contributed by atoms with Gasteiger partial charge in [-0.05, 0) is 17.9 Å². The summed E-state index contributed by atoms with van der Waals surface area (Å²) in [6, 6.07) is 9.29. The van der Waals surface area contributed by atoms with Crippen LogP contribution in [0.15, 0.2) is 30.3 Å². The van der Waals surface area contributed by atoms with Crippen LogP contribution in [0.5, 0.6) is 0 Å². The van der Waals surface area contributed by atoms with Crippen molar-refractivity contribution in [2.24, 2.45) is 5.92 Å². The van der Waals surface area contributed by atoms with Crippen LogP contribution in [0.25, 0.3) is 0 Å². The molecule has 1 aliphatic rings. The van der Waals surface area contributed by atoms with Crippen molar-refractivity contribution in [3.05, 3.63) is 35.9 Å². The van der Waals surface area contributed by atoms with E-state index in [2.05, 4.69) is 10.1 Å². The standard InChI is InChI=1S/C18H26N2O4/c1-13(2)11-15(19-18(22)23-3)17(21)20-9-10-24-16(12-20)14-7-5-4-6-8-14/h4-8,13,15-16H,9-12H2,1-3H3,(H,19,22). The molecule has 2 unspecified atom stereocenters. The largest absolute Gasteiger partial charge is 0.453 e. The number of hydrogen-bond acceptors (Lipinski definition) is 4. The number of rotatable bonds is 5. The summed E-state index contributed by atoms with van der Waals surface area (Å²) in [7, 11) is 1.30. The molecule has 1 saturated heterocycles. The van der Waals surface area contributed by atoms with E-state index in [1.165, 1.54) is 7.11 Å². The van der Waals surface area contributed by atoms with Crippen molar-refractivity contribution in [1.29, 1.82) is 0 Å². The number of morpholine rings is 1. The van der Waals surface area contributed by atoms with Crippen molar-refractivity contribution < 1.29 is 19.1 Å². The second kappa shape index (κ2) is 8.68.